The summed E-state index contributed by atoms with van der Waals surface area (Å²) in [7, 11) is 0. The summed E-state index contributed by atoms with van der Waals surface area (Å²) in [4.78, 5) is 0. The zero-order valence-electron chi connectivity index (χ0n) is 5.17. The van der Waals surface area contributed by atoms with Gasteiger partial charge < -0.3 is 0 Å². The van der Waals surface area contributed by atoms with Crippen molar-refractivity contribution in [1.29, 1.82) is 0 Å². The molecule has 1 aromatic carbocycles. The Bertz CT molecular complexity index is 167. The third kappa shape index (κ3) is 2.70. The monoisotopic (exact) mass is 224 g/mol. The molecule has 0 bridgehead atoms. The Morgan fingerprint density at radius 1 is 1.11 bits per heavy atom. The summed E-state index contributed by atoms with van der Waals surface area (Å²) >= 11 is 0. The molecule has 1 heteroatoms. The van der Waals surface area contributed by atoms with Gasteiger partial charge in [-0.15, -0.1) is 0 Å². The van der Waals surface area contributed by atoms with Gasteiger partial charge >= 0.3 is 0 Å². The van der Waals surface area contributed by atoms with Crippen molar-refractivity contribution in [3.8, 4) is 0 Å². The Kier molecular flexibility index (Phi) is 4.50. The first-order valence-corrected chi connectivity index (χ1v) is 2.61. The Balaban J connectivity index is 0.000000640. The molecule has 0 unspecified atom stereocenters. The molecule has 0 saturated carbocycles. The maximum absolute atomic E-state index is 3.63. The van der Waals surface area contributed by atoms with Crippen LogP contribution in [0.4, 0.5) is 0 Å². The molecule has 1 aromatic rings. The van der Waals surface area contributed by atoms with Crippen molar-refractivity contribution < 1.29 is 0 Å². The largest absolute Gasteiger partial charge is 0.0985 e. The molecule has 0 aliphatic heterocycles. The standard InChI is InChI=1S/C8H8.Sn/c1-2-8-6-4-3-5-7-8;/h2-7H,1H2;. The maximum Gasteiger partial charge on any atom is 0 e. The minimum atomic E-state index is 0. The molecular formula is C8H8Sn. The van der Waals surface area contributed by atoms with Crippen LogP contribution in [-0.4, -0.2) is 23.9 Å². The average molecular weight is 223 g/mol. The summed E-state index contributed by atoms with van der Waals surface area (Å²) in [6.45, 7) is 3.63. The number of rotatable bonds is 1. The van der Waals surface area contributed by atoms with Crippen molar-refractivity contribution in [1.82, 2.24) is 0 Å². The molecule has 0 atom stereocenters. The van der Waals surface area contributed by atoms with E-state index in [1.807, 2.05) is 36.4 Å². The summed E-state index contributed by atoms with van der Waals surface area (Å²) < 4.78 is 0. The topological polar surface area (TPSA) is 0 Å². The second-order valence-corrected chi connectivity index (χ2v) is 1.61. The third-order valence-electron chi connectivity index (χ3n) is 1.04. The fraction of sp³-hybridized carbons (Fsp3) is 0. The predicted molar refractivity (Wildman–Crippen MR) is 42.3 cm³/mol. The Morgan fingerprint density at radius 3 is 2.00 bits per heavy atom. The van der Waals surface area contributed by atoms with E-state index >= 15 is 0 Å². The van der Waals surface area contributed by atoms with E-state index in [1.54, 1.807) is 0 Å². The summed E-state index contributed by atoms with van der Waals surface area (Å²) in [6, 6.07) is 10.0. The zero-order valence-corrected chi connectivity index (χ0v) is 8.03. The van der Waals surface area contributed by atoms with Crippen LogP contribution in [0.1, 0.15) is 5.56 Å². The van der Waals surface area contributed by atoms with Crippen molar-refractivity contribution in [3.05, 3.63) is 42.5 Å². The van der Waals surface area contributed by atoms with Gasteiger partial charge in [-0.1, -0.05) is 43.0 Å². The molecule has 0 aliphatic rings. The van der Waals surface area contributed by atoms with Gasteiger partial charge in [0.25, 0.3) is 0 Å². The van der Waals surface area contributed by atoms with Gasteiger partial charge in [0, 0.05) is 23.9 Å². The molecule has 9 heavy (non-hydrogen) atoms. The molecule has 0 heterocycles. The summed E-state index contributed by atoms with van der Waals surface area (Å²) in [5, 5.41) is 0. The van der Waals surface area contributed by atoms with Crippen LogP contribution in [0.2, 0.25) is 0 Å². The first kappa shape index (κ1) is 8.76. The molecular weight excluding hydrogens is 215 g/mol. The molecule has 44 valence electrons. The van der Waals surface area contributed by atoms with Crippen LogP contribution < -0.4 is 0 Å². The van der Waals surface area contributed by atoms with Gasteiger partial charge in [0.1, 0.15) is 0 Å². The van der Waals surface area contributed by atoms with Crippen LogP contribution in [0.15, 0.2) is 36.9 Å². The van der Waals surface area contributed by atoms with Crippen LogP contribution in [0.3, 0.4) is 0 Å². The van der Waals surface area contributed by atoms with Gasteiger partial charge in [-0.05, 0) is 5.56 Å². The number of benzene rings is 1. The average Bonchev–Trinajstić information content (AvgIpc) is 1.90. The Morgan fingerprint density at radius 2 is 1.67 bits per heavy atom. The van der Waals surface area contributed by atoms with Crippen molar-refractivity contribution in [2.24, 2.45) is 0 Å². The molecule has 1 rings (SSSR count). The smallest absolute Gasteiger partial charge is 0 e. The third-order valence-corrected chi connectivity index (χ3v) is 1.04. The molecule has 0 nitrogen and oxygen atoms in total. The van der Waals surface area contributed by atoms with Gasteiger partial charge in [-0.3, -0.25) is 0 Å². The fourth-order valence-corrected chi connectivity index (χ4v) is 0.589. The van der Waals surface area contributed by atoms with E-state index in [0.717, 1.165) is 0 Å². The molecule has 0 fully saturated rings. The Hall–Kier alpha value is -0.241. The van der Waals surface area contributed by atoms with Gasteiger partial charge in [-0.25, -0.2) is 0 Å². The van der Waals surface area contributed by atoms with E-state index < -0.39 is 0 Å². The van der Waals surface area contributed by atoms with E-state index in [1.165, 1.54) is 5.56 Å². The second-order valence-electron chi connectivity index (χ2n) is 1.61. The van der Waals surface area contributed by atoms with E-state index in [2.05, 4.69) is 6.58 Å². The van der Waals surface area contributed by atoms with Crippen molar-refractivity contribution in [2.75, 3.05) is 0 Å². The summed E-state index contributed by atoms with van der Waals surface area (Å²) in [6.07, 6.45) is 1.83. The first-order chi connectivity index (χ1) is 3.93. The molecule has 0 aliphatic carbocycles. The van der Waals surface area contributed by atoms with E-state index in [9.17, 15) is 0 Å². The van der Waals surface area contributed by atoms with Crippen molar-refractivity contribution >= 4 is 30.0 Å². The molecule has 0 spiro atoms. The minimum Gasteiger partial charge on any atom is -0.0985 e. The van der Waals surface area contributed by atoms with Crippen LogP contribution in [-0.2, 0) is 0 Å². The fourth-order valence-electron chi connectivity index (χ4n) is 0.589. The van der Waals surface area contributed by atoms with Gasteiger partial charge in [0.15, 0.2) is 0 Å². The normalized spacial score (nSPS) is 7.56. The van der Waals surface area contributed by atoms with Crippen molar-refractivity contribution in [3.63, 3.8) is 0 Å². The molecule has 0 saturated heterocycles. The SMILES string of the molecule is C=Cc1ccccc1.[Sn]. The minimum absolute atomic E-state index is 0. The van der Waals surface area contributed by atoms with Gasteiger partial charge in [0.05, 0.1) is 0 Å². The molecule has 4 radical (unpaired) electrons. The maximum atomic E-state index is 3.63. The van der Waals surface area contributed by atoms with Crippen LogP contribution in [0.5, 0.6) is 0 Å². The van der Waals surface area contributed by atoms with Crippen LogP contribution in [0.25, 0.3) is 6.08 Å². The van der Waals surface area contributed by atoms with Crippen LogP contribution >= 0.6 is 0 Å². The van der Waals surface area contributed by atoms with Gasteiger partial charge in [0.2, 0.25) is 0 Å². The van der Waals surface area contributed by atoms with Crippen molar-refractivity contribution in [2.45, 2.75) is 0 Å². The predicted octanol–water partition coefficient (Wildman–Crippen LogP) is 1.95. The van der Waals surface area contributed by atoms with E-state index in [0.29, 0.717) is 0 Å². The van der Waals surface area contributed by atoms with E-state index in [-0.39, 0.29) is 23.9 Å². The quantitative estimate of drug-likeness (QED) is 0.638. The summed E-state index contributed by atoms with van der Waals surface area (Å²) in [5.74, 6) is 0. The van der Waals surface area contributed by atoms with E-state index in [4.69, 9.17) is 0 Å². The molecule has 0 N–H and O–H groups in total. The summed E-state index contributed by atoms with van der Waals surface area (Å²) in [5.41, 5.74) is 1.17. The first-order valence-electron chi connectivity index (χ1n) is 2.61. The zero-order chi connectivity index (χ0) is 5.82. The molecule has 0 amide bonds. The van der Waals surface area contributed by atoms with Gasteiger partial charge in [-0.2, -0.15) is 0 Å². The number of hydrogen-bond acceptors (Lipinski definition) is 0. The van der Waals surface area contributed by atoms with Crippen LogP contribution in [0, 0.1) is 0 Å². The molecule has 0 aromatic heterocycles. The Labute approximate surface area is 72.6 Å². The number of hydrogen-bond donors (Lipinski definition) is 0. The second kappa shape index (κ2) is 4.62.